The van der Waals surface area contributed by atoms with Crippen LogP contribution in [0.5, 0.6) is 5.75 Å². The van der Waals surface area contributed by atoms with E-state index in [1.165, 1.54) is 16.4 Å². The lowest BCUT2D eigenvalue weighted by molar-refractivity contribution is 0.317. The molecule has 0 spiro atoms. The average molecular weight is 271 g/mol. The molecular weight excluding hydrogens is 250 g/mol. The Bertz CT molecular complexity index is 495. The Kier molecular flexibility index (Phi) is 4.76. The zero-order valence-corrected chi connectivity index (χ0v) is 12.1. The molecule has 102 valence electrons. The molecule has 0 atom stereocenters. The Morgan fingerprint density at radius 2 is 1.72 bits per heavy atom. The van der Waals surface area contributed by atoms with Crippen LogP contribution in [-0.2, 0) is 10.0 Å². The van der Waals surface area contributed by atoms with E-state index in [-0.39, 0.29) is 22.6 Å². The van der Waals surface area contributed by atoms with Gasteiger partial charge in [-0.3, -0.25) is 0 Å². The Morgan fingerprint density at radius 1 is 1.17 bits per heavy atom. The Morgan fingerprint density at radius 3 is 2.17 bits per heavy atom. The standard InChI is InChI=1S/C13H21NO3S/c1-10(2)9-14(11(3)4)18(16,17)13-8-6-5-7-12(13)15/h5-8,10-11,15H,9H2,1-4H3. The second-order valence-electron chi connectivity index (χ2n) is 5.03. The highest BCUT2D eigenvalue weighted by atomic mass is 32.2. The van der Waals surface area contributed by atoms with Gasteiger partial charge in [0.15, 0.2) is 0 Å². The van der Waals surface area contributed by atoms with Crippen LogP contribution in [0.3, 0.4) is 0 Å². The minimum absolute atomic E-state index is 0.0284. The highest BCUT2D eigenvalue weighted by molar-refractivity contribution is 7.89. The summed E-state index contributed by atoms with van der Waals surface area (Å²) in [5, 5.41) is 9.71. The smallest absolute Gasteiger partial charge is 0.246 e. The van der Waals surface area contributed by atoms with Gasteiger partial charge >= 0.3 is 0 Å². The highest BCUT2D eigenvalue weighted by Gasteiger charge is 2.29. The number of phenols is 1. The van der Waals surface area contributed by atoms with Crippen molar-refractivity contribution in [2.45, 2.75) is 38.6 Å². The van der Waals surface area contributed by atoms with Crippen LogP contribution >= 0.6 is 0 Å². The molecule has 0 aliphatic rings. The van der Waals surface area contributed by atoms with Crippen LogP contribution in [0.25, 0.3) is 0 Å². The van der Waals surface area contributed by atoms with Crippen molar-refractivity contribution in [3.05, 3.63) is 24.3 Å². The Hall–Kier alpha value is -1.07. The molecule has 0 aliphatic heterocycles. The van der Waals surface area contributed by atoms with Gasteiger partial charge in [-0.2, -0.15) is 4.31 Å². The molecule has 5 heteroatoms. The fourth-order valence-corrected chi connectivity index (χ4v) is 3.63. The summed E-state index contributed by atoms with van der Waals surface area (Å²) in [5.41, 5.74) is 0. The molecular formula is C13H21NO3S. The molecule has 1 aromatic rings. The first kappa shape index (κ1) is 15.0. The van der Waals surface area contributed by atoms with Gasteiger partial charge in [0.1, 0.15) is 10.6 Å². The minimum Gasteiger partial charge on any atom is -0.507 e. The maximum absolute atomic E-state index is 12.5. The predicted octanol–water partition coefficient (Wildman–Crippen LogP) is 2.45. The first-order chi connectivity index (χ1) is 8.26. The van der Waals surface area contributed by atoms with Crippen molar-refractivity contribution in [3.8, 4) is 5.75 Å². The van der Waals surface area contributed by atoms with Crippen LogP contribution in [0.2, 0.25) is 0 Å². The molecule has 0 bridgehead atoms. The fourth-order valence-electron chi connectivity index (χ4n) is 1.75. The third-order valence-electron chi connectivity index (χ3n) is 2.57. The van der Waals surface area contributed by atoms with Gasteiger partial charge < -0.3 is 5.11 Å². The lowest BCUT2D eigenvalue weighted by Gasteiger charge is -2.27. The van der Waals surface area contributed by atoms with Crippen LogP contribution in [0.1, 0.15) is 27.7 Å². The molecule has 1 N–H and O–H groups in total. The summed E-state index contributed by atoms with van der Waals surface area (Å²) in [5.74, 6) is 0.0277. The fraction of sp³-hybridized carbons (Fsp3) is 0.538. The predicted molar refractivity (Wildman–Crippen MR) is 72.0 cm³/mol. The largest absolute Gasteiger partial charge is 0.507 e. The monoisotopic (exact) mass is 271 g/mol. The molecule has 0 unspecified atom stereocenters. The van der Waals surface area contributed by atoms with Crippen LogP contribution in [0, 0.1) is 5.92 Å². The van der Waals surface area contributed by atoms with E-state index in [4.69, 9.17) is 0 Å². The van der Waals surface area contributed by atoms with Crippen molar-refractivity contribution < 1.29 is 13.5 Å². The summed E-state index contributed by atoms with van der Waals surface area (Å²) in [6.07, 6.45) is 0. The quantitative estimate of drug-likeness (QED) is 0.895. The summed E-state index contributed by atoms with van der Waals surface area (Å²) in [4.78, 5) is -0.0284. The molecule has 0 radical (unpaired) electrons. The zero-order valence-electron chi connectivity index (χ0n) is 11.3. The first-order valence-corrected chi connectivity index (χ1v) is 7.50. The third-order valence-corrected chi connectivity index (χ3v) is 4.66. The summed E-state index contributed by atoms with van der Waals surface area (Å²) in [6, 6.07) is 5.90. The van der Waals surface area contributed by atoms with Gasteiger partial charge in [-0.15, -0.1) is 0 Å². The number of benzene rings is 1. The topological polar surface area (TPSA) is 57.6 Å². The number of rotatable bonds is 5. The van der Waals surface area contributed by atoms with E-state index >= 15 is 0 Å². The summed E-state index contributed by atoms with van der Waals surface area (Å²) >= 11 is 0. The molecule has 0 saturated heterocycles. The first-order valence-electron chi connectivity index (χ1n) is 6.06. The number of sulfonamides is 1. The molecule has 0 fully saturated rings. The average Bonchev–Trinajstić information content (AvgIpc) is 2.25. The van der Waals surface area contributed by atoms with Crippen LogP contribution < -0.4 is 0 Å². The Labute approximate surface area is 109 Å². The molecule has 1 aromatic carbocycles. The lowest BCUT2D eigenvalue weighted by atomic mass is 10.2. The van der Waals surface area contributed by atoms with Crippen molar-refractivity contribution in [1.82, 2.24) is 4.31 Å². The van der Waals surface area contributed by atoms with Gasteiger partial charge in [-0.1, -0.05) is 26.0 Å². The van der Waals surface area contributed by atoms with Gasteiger partial charge in [-0.05, 0) is 31.9 Å². The Balaban J connectivity index is 3.22. The van der Waals surface area contributed by atoms with E-state index in [0.717, 1.165) is 0 Å². The van der Waals surface area contributed by atoms with E-state index in [1.807, 2.05) is 27.7 Å². The maximum atomic E-state index is 12.5. The molecule has 0 amide bonds. The number of para-hydroxylation sites is 1. The van der Waals surface area contributed by atoms with Gasteiger partial charge in [-0.25, -0.2) is 8.42 Å². The third kappa shape index (κ3) is 3.23. The van der Waals surface area contributed by atoms with Crippen LogP contribution in [-0.4, -0.2) is 30.4 Å². The lowest BCUT2D eigenvalue weighted by Crippen LogP contribution is -2.39. The van der Waals surface area contributed by atoms with E-state index in [1.54, 1.807) is 12.1 Å². The van der Waals surface area contributed by atoms with Crippen LogP contribution in [0.4, 0.5) is 0 Å². The SMILES string of the molecule is CC(C)CN(C(C)C)S(=O)(=O)c1ccccc1O. The molecule has 0 heterocycles. The van der Waals surface area contributed by atoms with Gasteiger partial charge in [0.25, 0.3) is 0 Å². The number of aromatic hydroxyl groups is 1. The molecule has 0 aromatic heterocycles. The van der Waals surface area contributed by atoms with Gasteiger partial charge in [0.05, 0.1) is 0 Å². The summed E-state index contributed by atoms with van der Waals surface area (Å²) in [7, 11) is -3.64. The second-order valence-corrected chi connectivity index (χ2v) is 6.89. The number of hydrogen-bond acceptors (Lipinski definition) is 3. The summed E-state index contributed by atoms with van der Waals surface area (Å²) in [6.45, 7) is 8.04. The molecule has 1 rings (SSSR count). The van der Waals surface area contributed by atoms with Crippen molar-refractivity contribution >= 4 is 10.0 Å². The van der Waals surface area contributed by atoms with Crippen molar-refractivity contribution in [2.24, 2.45) is 5.92 Å². The van der Waals surface area contributed by atoms with Crippen molar-refractivity contribution in [2.75, 3.05) is 6.54 Å². The van der Waals surface area contributed by atoms with Crippen LogP contribution in [0.15, 0.2) is 29.2 Å². The minimum atomic E-state index is -3.64. The zero-order chi connectivity index (χ0) is 13.9. The normalized spacial score (nSPS) is 12.6. The molecule has 0 aliphatic carbocycles. The van der Waals surface area contributed by atoms with E-state index in [2.05, 4.69) is 0 Å². The molecule has 4 nitrogen and oxygen atoms in total. The second kappa shape index (κ2) is 5.71. The summed E-state index contributed by atoms with van der Waals surface area (Å²) < 4.78 is 26.4. The van der Waals surface area contributed by atoms with E-state index in [0.29, 0.717) is 6.54 Å². The highest BCUT2D eigenvalue weighted by Crippen LogP contribution is 2.26. The van der Waals surface area contributed by atoms with Gasteiger partial charge in [0, 0.05) is 12.6 Å². The van der Waals surface area contributed by atoms with E-state index in [9.17, 15) is 13.5 Å². The molecule has 0 saturated carbocycles. The number of nitrogens with zero attached hydrogens (tertiary/aromatic N) is 1. The number of hydrogen-bond donors (Lipinski definition) is 1. The van der Waals surface area contributed by atoms with Crippen molar-refractivity contribution in [1.29, 1.82) is 0 Å². The van der Waals surface area contributed by atoms with E-state index < -0.39 is 10.0 Å². The van der Waals surface area contributed by atoms with Gasteiger partial charge in [0.2, 0.25) is 10.0 Å². The van der Waals surface area contributed by atoms with Crippen molar-refractivity contribution in [3.63, 3.8) is 0 Å². The molecule has 18 heavy (non-hydrogen) atoms. The maximum Gasteiger partial charge on any atom is 0.246 e. The number of phenolic OH excluding ortho intramolecular Hbond substituents is 1.